The highest BCUT2D eigenvalue weighted by Crippen LogP contribution is 2.21. The summed E-state index contributed by atoms with van der Waals surface area (Å²) in [5.41, 5.74) is 7.77. The maximum absolute atomic E-state index is 5.74. The van der Waals surface area contributed by atoms with Gasteiger partial charge in [-0.2, -0.15) is 0 Å². The van der Waals surface area contributed by atoms with Gasteiger partial charge >= 0.3 is 0 Å². The van der Waals surface area contributed by atoms with Gasteiger partial charge in [0, 0.05) is 28.7 Å². The Morgan fingerprint density at radius 1 is 1.22 bits per heavy atom. The molecule has 1 aromatic carbocycles. The van der Waals surface area contributed by atoms with E-state index < -0.39 is 0 Å². The van der Waals surface area contributed by atoms with E-state index in [0.29, 0.717) is 6.54 Å². The molecule has 0 saturated carbocycles. The van der Waals surface area contributed by atoms with Gasteiger partial charge in [-0.1, -0.05) is 35.0 Å². The maximum Gasteiger partial charge on any atom is 0.133 e. The second-order valence-electron chi connectivity index (χ2n) is 4.15. The molecule has 0 amide bonds. The quantitative estimate of drug-likeness (QED) is 0.942. The van der Waals surface area contributed by atoms with E-state index in [2.05, 4.69) is 32.8 Å². The van der Waals surface area contributed by atoms with Crippen LogP contribution in [0.1, 0.15) is 25.1 Å². The second-order valence-corrected chi connectivity index (χ2v) is 5.06. The van der Waals surface area contributed by atoms with Crippen molar-refractivity contribution in [2.75, 3.05) is 6.54 Å². The van der Waals surface area contributed by atoms with Crippen LogP contribution in [0.15, 0.2) is 41.0 Å². The Hall–Kier alpha value is -1.26. The van der Waals surface area contributed by atoms with Crippen molar-refractivity contribution in [1.29, 1.82) is 0 Å². The van der Waals surface area contributed by atoms with Gasteiger partial charge in [-0.05, 0) is 24.6 Å². The fourth-order valence-electron chi connectivity index (χ4n) is 1.81. The van der Waals surface area contributed by atoms with Gasteiger partial charge in [-0.25, -0.2) is 9.97 Å². The summed E-state index contributed by atoms with van der Waals surface area (Å²) in [4.78, 5) is 8.93. The zero-order chi connectivity index (χ0) is 13.0. The smallest absolute Gasteiger partial charge is 0.133 e. The normalized spacial score (nSPS) is 12.4. The van der Waals surface area contributed by atoms with E-state index in [1.807, 2.05) is 30.3 Å². The third kappa shape index (κ3) is 2.94. The molecular formula is C14H16BrN3. The van der Waals surface area contributed by atoms with Crippen molar-refractivity contribution < 1.29 is 0 Å². The van der Waals surface area contributed by atoms with Gasteiger partial charge < -0.3 is 5.73 Å². The summed E-state index contributed by atoms with van der Waals surface area (Å²) < 4.78 is 1.06. The van der Waals surface area contributed by atoms with E-state index in [-0.39, 0.29) is 5.92 Å². The average molecular weight is 306 g/mol. The Bertz CT molecular complexity index is 507. The Kier molecular flexibility index (Phi) is 4.44. The SMILES string of the molecule is CCC(CN)c1nccc(-c2ccc(Br)cc2)n1. The topological polar surface area (TPSA) is 51.8 Å². The largest absolute Gasteiger partial charge is 0.330 e. The summed E-state index contributed by atoms with van der Waals surface area (Å²) >= 11 is 3.43. The molecule has 0 aliphatic carbocycles. The van der Waals surface area contributed by atoms with Crippen molar-refractivity contribution >= 4 is 15.9 Å². The van der Waals surface area contributed by atoms with E-state index in [1.54, 1.807) is 6.20 Å². The Balaban J connectivity index is 2.34. The van der Waals surface area contributed by atoms with E-state index >= 15 is 0 Å². The molecule has 0 bridgehead atoms. The lowest BCUT2D eigenvalue weighted by molar-refractivity contribution is 0.631. The molecular weight excluding hydrogens is 290 g/mol. The number of hydrogen-bond acceptors (Lipinski definition) is 3. The van der Waals surface area contributed by atoms with E-state index in [0.717, 1.165) is 28.0 Å². The first-order valence-corrected chi connectivity index (χ1v) is 6.82. The second kappa shape index (κ2) is 6.07. The van der Waals surface area contributed by atoms with Gasteiger partial charge in [0.25, 0.3) is 0 Å². The van der Waals surface area contributed by atoms with Gasteiger partial charge in [-0.15, -0.1) is 0 Å². The lowest BCUT2D eigenvalue weighted by Gasteiger charge is -2.11. The highest BCUT2D eigenvalue weighted by atomic mass is 79.9. The van der Waals surface area contributed by atoms with E-state index in [4.69, 9.17) is 5.73 Å². The average Bonchev–Trinajstić information content (AvgIpc) is 2.41. The molecule has 1 aromatic heterocycles. The third-order valence-electron chi connectivity index (χ3n) is 2.96. The van der Waals surface area contributed by atoms with Crippen molar-refractivity contribution in [2.24, 2.45) is 5.73 Å². The molecule has 1 atom stereocenters. The minimum atomic E-state index is 0.236. The molecule has 18 heavy (non-hydrogen) atoms. The predicted octanol–water partition coefficient (Wildman–Crippen LogP) is 3.36. The van der Waals surface area contributed by atoms with Gasteiger partial charge in [0.2, 0.25) is 0 Å². The number of benzene rings is 1. The standard InChI is InChI=1S/C14H16BrN3/c1-2-10(9-16)14-17-8-7-13(18-14)11-3-5-12(15)6-4-11/h3-8,10H,2,9,16H2,1H3. The van der Waals surface area contributed by atoms with Crippen LogP contribution in [0.4, 0.5) is 0 Å². The minimum absolute atomic E-state index is 0.236. The number of hydrogen-bond donors (Lipinski definition) is 1. The number of halogens is 1. The van der Waals surface area contributed by atoms with Crippen molar-refractivity contribution in [1.82, 2.24) is 9.97 Å². The molecule has 0 fully saturated rings. The molecule has 0 radical (unpaired) electrons. The Morgan fingerprint density at radius 3 is 2.56 bits per heavy atom. The molecule has 2 rings (SSSR count). The number of nitrogens with two attached hydrogens (primary N) is 1. The number of nitrogens with zero attached hydrogens (tertiary/aromatic N) is 2. The highest BCUT2D eigenvalue weighted by Gasteiger charge is 2.11. The van der Waals surface area contributed by atoms with Gasteiger partial charge in [0.15, 0.2) is 0 Å². The van der Waals surface area contributed by atoms with Crippen LogP contribution in [0.3, 0.4) is 0 Å². The Morgan fingerprint density at radius 2 is 1.94 bits per heavy atom. The van der Waals surface area contributed by atoms with Crippen molar-refractivity contribution in [3.05, 3.63) is 46.8 Å². The van der Waals surface area contributed by atoms with E-state index in [9.17, 15) is 0 Å². The molecule has 2 N–H and O–H groups in total. The zero-order valence-electron chi connectivity index (χ0n) is 10.3. The molecule has 3 nitrogen and oxygen atoms in total. The van der Waals surface area contributed by atoms with Crippen LogP contribution in [0, 0.1) is 0 Å². The monoisotopic (exact) mass is 305 g/mol. The summed E-state index contributed by atoms with van der Waals surface area (Å²) in [5, 5.41) is 0. The number of rotatable bonds is 4. The van der Waals surface area contributed by atoms with Gasteiger partial charge in [-0.3, -0.25) is 0 Å². The summed E-state index contributed by atoms with van der Waals surface area (Å²) in [5.74, 6) is 1.07. The molecule has 0 aliphatic rings. The maximum atomic E-state index is 5.74. The number of aromatic nitrogens is 2. The summed E-state index contributed by atoms with van der Waals surface area (Å²) in [6, 6.07) is 10.0. The van der Waals surface area contributed by atoms with Crippen LogP contribution in [-0.2, 0) is 0 Å². The minimum Gasteiger partial charge on any atom is -0.330 e. The van der Waals surface area contributed by atoms with Gasteiger partial charge in [0.05, 0.1) is 5.69 Å². The molecule has 1 heterocycles. The predicted molar refractivity (Wildman–Crippen MR) is 77.3 cm³/mol. The fourth-order valence-corrected chi connectivity index (χ4v) is 2.07. The summed E-state index contributed by atoms with van der Waals surface area (Å²) in [6.07, 6.45) is 2.76. The van der Waals surface area contributed by atoms with E-state index in [1.165, 1.54) is 0 Å². The summed E-state index contributed by atoms with van der Waals surface area (Å²) in [6.45, 7) is 2.69. The van der Waals surface area contributed by atoms with Crippen molar-refractivity contribution in [3.63, 3.8) is 0 Å². The van der Waals surface area contributed by atoms with Crippen LogP contribution in [0.2, 0.25) is 0 Å². The molecule has 4 heteroatoms. The molecule has 0 spiro atoms. The molecule has 1 unspecified atom stereocenters. The van der Waals surface area contributed by atoms with Crippen LogP contribution in [-0.4, -0.2) is 16.5 Å². The third-order valence-corrected chi connectivity index (χ3v) is 3.49. The molecule has 0 saturated heterocycles. The van der Waals surface area contributed by atoms with Crippen LogP contribution in [0.25, 0.3) is 11.3 Å². The fraction of sp³-hybridized carbons (Fsp3) is 0.286. The van der Waals surface area contributed by atoms with Crippen molar-refractivity contribution in [3.8, 4) is 11.3 Å². The van der Waals surface area contributed by atoms with Crippen LogP contribution < -0.4 is 5.73 Å². The first kappa shape index (κ1) is 13.2. The first-order valence-electron chi connectivity index (χ1n) is 6.03. The summed E-state index contributed by atoms with van der Waals surface area (Å²) in [7, 11) is 0. The molecule has 94 valence electrons. The van der Waals surface area contributed by atoms with Crippen LogP contribution >= 0.6 is 15.9 Å². The zero-order valence-corrected chi connectivity index (χ0v) is 11.9. The molecule has 2 aromatic rings. The highest BCUT2D eigenvalue weighted by molar-refractivity contribution is 9.10. The lowest BCUT2D eigenvalue weighted by Crippen LogP contribution is -2.14. The Labute approximate surface area is 116 Å². The van der Waals surface area contributed by atoms with Crippen LogP contribution in [0.5, 0.6) is 0 Å². The van der Waals surface area contributed by atoms with Gasteiger partial charge in [0.1, 0.15) is 5.82 Å². The lowest BCUT2D eigenvalue weighted by atomic mass is 10.1. The van der Waals surface area contributed by atoms with Crippen molar-refractivity contribution in [2.45, 2.75) is 19.3 Å². The molecule has 0 aliphatic heterocycles. The first-order chi connectivity index (χ1) is 8.74.